The van der Waals surface area contributed by atoms with Crippen molar-refractivity contribution < 1.29 is 28.9 Å². The van der Waals surface area contributed by atoms with Gasteiger partial charge in [0.25, 0.3) is 5.78 Å². The first-order valence-electron chi connectivity index (χ1n) is 14.4. The van der Waals surface area contributed by atoms with E-state index < -0.39 is 17.7 Å². The Morgan fingerprint density at radius 1 is 0.930 bits per heavy atom. The third-order valence-corrected chi connectivity index (χ3v) is 8.27. The summed E-state index contributed by atoms with van der Waals surface area (Å²) in [7, 11) is 0. The molecule has 43 heavy (non-hydrogen) atoms. The van der Waals surface area contributed by atoms with Gasteiger partial charge in [0.1, 0.15) is 11.5 Å². The number of fused-ring (bicyclic) bond motifs is 1. The molecule has 0 aliphatic carbocycles. The zero-order chi connectivity index (χ0) is 30.5. The van der Waals surface area contributed by atoms with Crippen molar-refractivity contribution in [2.24, 2.45) is 0 Å². The summed E-state index contributed by atoms with van der Waals surface area (Å²) in [5, 5.41) is 12.4. The molecule has 8 nitrogen and oxygen atoms in total. The van der Waals surface area contributed by atoms with Crippen molar-refractivity contribution in [3.8, 4) is 17.2 Å². The van der Waals surface area contributed by atoms with Gasteiger partial charge >= 0.3 is 5.91 Å². The van der Waals surface area contributed by atoms with E-state index in [0.29, 0.717) is 63.9 Å². The molecule has 224 valence electrons. The van der Waals surface area contributed by atoms with Gasteiger partial charge in [-0.05, 0) is 80.4 Å². The van der Waals surface area contributed by atoms with Gasteiger partial charge in [-0.25, -0.2) is 4.98 Å². The summed E-state index contributed by atoms with van der Waals surface area (Å²) < 4.78 is 18.2. The van der Waals surface area contributed by atoms with Crippen molar-refractivity contribution in [3.63, 3.8) is 0 Å². The number of rotatable bonds is 12. The van der Waals surface area contributed by atoms with Crippen LogP contribution in [-0.2, 0) is 9.59 Å². The number of ether oxygens (including phenoxy) is 3. The van der Waals surface area contributed by atoms with Crippen molar-refractivity contribution >= 4 is 55.7 Å². The van der Waals surface area contributed by atoms with Crippen molar-refractivity contribution in [3.05, 3.63) is 82.4 Å². The van der Waals surface area contributed by atoms with Gasteiger partial charge in [-0.2, -0.15) is 0 Å². The number of unbranched alkanes of at least 4 members (excludes halogenated alkanes) is 2. The molecule has 1 aliphatic rings. The molecule has 3 aromatic carbocycles. The maximum atomic E-state index is 13.7. The summed E-state index contributed by atoms with van der Waals surface area (Å²) in [6.45, 7) is 7.30. The van der Waals surface area contributed by atoms with Crippen LogP contribution in [0.1, 0.15) is 57.2 Å². The number of hydrogen-bond acceptors (Lipinski definition) is 8. The number of aliphatic hydroxyl groups excluding tert-OH is 1. The van der Waals surface area contributed by atoms with E-state index in [1.54, 1.807) is 60.7 Å². The van der Waals surface area contributed by atoms with Gasteiger partial charge in [0, 0.05) is 10.6 Å². The number of carbonyl (C=O) groups is 2. The maximum absolute atomic E-state index is 13.7. The zero-order valence-electron chi connectivity index (χ0n) is 24.3. The number of hydrogen-bond donors (Lipinski definition) is 1. The molecule has 1 saturated heterocycles. The Balaban J connectivity index is 1.64. The second-order valence-corrected chi connectivity index (χ2v) is 11.4. The summed E-state index contributed by atoms with van der Waals surface area (Å²) in [6, 6.07) is 16.3. The van der Waals surface area contributed by atoms with Crippen LogP contribution in [0.2, 0.25) is 5.02 Å². The van der Waals surface area contributed by atoms with Gasteiger partial charge in [-0.3, -0.25) is 14.5 Å². The molecule has 1 fully saturated rings. The Hall–Kier alpha value is -4.08. The summed E-state index contributed by atoms with van der Waals surface area (Å²) in [6.07, 6.45) is 3.04. The topological polar surface area (TPSA) is 98.2 Å². The Morgan fingerprint density at radius 3 is 2.42 bits per heavy atom. The number of Topliss-reactive ketones (excluding diaryl/α,β-unsaturated/α-hetero) is 1. The number of halogens is 1. The van der Waals surface area contributed by atoms with Crippen LogP contribution in [0.15, 0.2) is 66.2 Å². The van der Waals surface area contributed by atoms with E-state index in [1.165, 1.54) is 16.2 Å². The Labute approximate surface area is 259 Å². The van der Waals surface area contributed by atoms with E-state index in [1.807, 2.05) is 13.8 Å². The molecule has 1 atom stereocenters. The van der Waals surface area contributed by atoms with E-state index >= 15 is 0 Å². The number of amides is 1. The molecule has 2 heterocycles. The number of aromatic nitrogens is 1. The normalized spacial score (nSPS) is 16.2. The number of benzene rings is 3. The molecule has 5 rings (SSSR count). The lowest BCUT2D eigenvalue weighted by molar-refractivity contribution is -0.132. The molecule has 1 N–H and O–H groups in total. The highest BCUT2D eigenvalue weighted by Crippen LogP contribution is 2.46. The first-order chi connectivity index (χ1) is 20.9. The minimum atomic E-state index is -0.976. The lowest BCUT2D eigenvalue weighted by atomic mass is 9.95. The van der Waals surface area contributed by atoms with Gasteiger partial charge in [-0.1, -0.05) is 48.8 Å². The van der Waals surface area contributed by atoms with Crippen LogP contribution in [0, 0.1) is 0 Å². The quantitative estimate of drug-likeness (QED) is 0.0743. The van der Waals surface area contributed by atoms with Crippen LogP contribution in [0.5, 0.6) is 17.2 Å². The number of ketones is 1. The van der Waals surface area contributed by atoms with Crippen molar-refractivity contribution in [1.29, 1.82) is 0 Å². The van der Waals surface area contributed by atoms with Crippen molar-refractivity contribution in [2.45, 2.75) is 46.1 Å². The summed E-state index contributed by atoms with van der Waals surface area (Å²) >= 11 is 7.46. The van der Waals surface area contributed by atoms with Gasteiger partial charge in [0.2, 0.25) is 0 Å². The molecule has 1 aliphatic heterocycles. The van der Waals surface area contributed by atoms with Gasteiger partial charge in [0.05, 0.1) is 41.7 Å². The van der Waals surface area contributed by atoms with Crippen LogP contribution in [0.4, 0.5) is 5.13 Å². The predicted molar refractivity (Wildman–Crippen MR) is 170 cm³/mol. The molecule has 4 aromatic rings. The van der Waals surface area contributed by atoms with E-state index in [0.717, 1.165) is 24.0 Å². The van der Waals surface area contributed by atoms with E-state index in [2.05, 4.69) is 11.9 Å². The van der Waals surface area contributed by atoms with Crippen molar-refractivity contribution in [2.75, 3.05) is 24.7 Å². The SMILES string of the molecule is CCCCCOc1ccc(C2/C(=C(\O)c3ccc(OCC)cc3)C(=O)C(=O)N2c2nc3ccc(Cl)cc3s2)cc1OCC. The van der Waals surface area contributed by atoms with E-state index in [9.17, 15) is 14.7 Å². The number of thiazole rings is 1. The van der Waals surface area contributed by atoms with Crippen LogP contribution >= 0.6 is 22.9 Å². The number of anilines is 1. The Morgan fingerprint density at radius 2 is 1.70 bits per heavy atom. The fourth-order valence-corrected chi connectivity index (χ4v) is 6.25. The largest absolute Gasteiger partial charge is 0.507 e. The number of nitrogens with zero attached hydrogens (tertiary/aromatic N) is 2. The highest BCUT2D eigenvalue weighted by molar-refractivity contribution is 7.22. The summed E-state index contributed by atoms with van der Waals surface area (Å²) in [5.74, 6) is -0.220. The highest BCUT2D eigenvalue weighted by atomic mass is 35.5. The summed E-state index contributed by atoms with van der Waals surface area (Å²) in [4.78, 5) is 33.4. The lowest BCUT2D eigenvalue weighted by Crippen LogP contribution is -2.29. The maximum Gasteiger partial charge on any atom is 0.301 e. The first-order valence-corrected chi connectivity index (χ1v) is 15.6. The average Bonchev–Trinajstić information content (AvgIpc) is 3.53. The third kappa shape index (κ3) is 6.33. The highest BCUT2D eigenvalue weighted by Gasteiger charge is 2.48. The second-order valence-electron chi connectivity index (χ2n) is 9.93. The van der Waals surface area contributed by atoms with Crippen LogP contribution in [0.3, 0.4) is 0 Å². The molecular formula is C33H33ClN2O6S. The lowest BCUT2D eigenvalue weighted by Gasteiger charge is -2.24. The molecular weight excluding hydrogens is 588 g/mol. The molecule has 1 unspecified atom stereocenters. The fourth-order valence-electron chi connectivity index (χ4n) is 4.98. The summed E-state index contributed by atoms with van der Waals surface area (Å²) in [5.41, 5.74) is 1.53. The molecule has 10 heteroatoms. The third-order valence-electron chi connectivity index (χ3n) is 7.02. The van der Waals surface area contributed by atoms with Gasteiger partial charge in [0.15, 0.2) is 16.6 Å². The average molecular weight is 621 g/mol. The molecule has 0 bridgehead atoms. The van der Waals surface area contributed by atoms with Crippen LogP contribution < -0.4 is 19.1 Å². The standard InChI is InChI=1S/C33H33ClN2O6S/c1-4-7-8-17-42-25-16-11-21(18-26(25)41-6-3)29-28(30(37)20-9-13-23(14-10-20)40-5-2)31(38)32(39)36(29)33-35-24-15-12-22(34)19-27(24)43-33/h9-16,18-19,29,37H,4-8,17H2,1-3H3/b30-28+. The first kappa shape index (κ1) is 30.4. The molecule has 0 spiro atoms. The number of aliphatic hydroxyl groups is 1. The fraction of sp³-hybridized carbons (Fsp3) is 0.303. The van der Waals surface area contributed by atoms with Gasteiger partial charge < -0.3 is 19.3 Å². The minimum Gasteiger partial charge on any atom is -0.507 e. The minimum absolute atomic E-state index is 0.0505. The predicted octanol–water partition coefficient (Wildman–Crippen LogP) is 7.94. The smallest absolute Gasteiger partial charge is 0.301 e. The molecule has 1 aromatic heterocycles. The molecule has 0 saturated carbocycles. The monoisotopic (exact) mass is 620 g/mol. The second kappa shape index (κ2) is 13.5. The van der Waals surface area contributed by atoms with Crippen LogP contribution in [0.25, 0.3) is 16.0 Å². The Kier molecular flexibility index (Phi) is 9.52. The Bertz CT molecular complexity index is 1670. The van der Waals surface area contributed by atoms with Crippen LogP contribution in [-0.4, -0.2) is 41.6 Å². The van der Waals surface area contributed by atoms with E-state index in [-0.39, 0.29) is 11.3 Å². The van der Waals surface area contributed by atoms with Crippen molar-refractivity contribution in [1.82, 2.24) is 4.98 Å². The zero-order valence-corrected chi connectivity index (χ0v) is 25.8. The van der Waals surface area contributed by atoms with E-state index in [4.69, 9.17) is 25.8 Å². The molecule has 1 amide bonds. The number of carbonyl (C=O) groups excluding carboxylic acids is 2. The molecule has 0 radical (unpaired) electrons. The van der Waals surface area contributed by atoms with Gasteiger partial charge in [-0.15, -0.1) is 0 Å².